The molecule has 1 heterocycles. The van der Waals surface area contributed by atoms with Crippen LogP contribution >= 0.6 is 0 Å². The lowest BCUT2D eigenvalue weighted by Crippen LogP contribution is -2.41. The first kappa shape index (κ1) is 23.9. The maximum atomic E-state index is 5.80. The fourth-order valence-electron chi connectivity index (χ4n) is 3.61. The Balaban J connectivity index is 0.000000630. The molecule has 2 N–H and O–H groups in total. The Kier molecular flexibility index (Phi) is 14.1. The molecule has 1 unspecified atom stereocenters. The van der Waals surface area contributed by atoms with Crippen molar-refractivity contribution in [3.8, 4) is 0 Å². The van der Waals surface area contributed by atoms with E-state index in [-0.39, 0.29) is 0 Å². The highest BCUT2D eigenvalue weighted by atomic mass is 15.1. The summed E-state index contributed by atoms with van der Waals surface area (Å²) in [6.45, 7) is 18.1. The summed E-state index contributed by atoms with van der Waals surface area (Å²) in [5.41, 5.74) is 6.24. The van der Waals surface area contributed by atoms with E-state index in [2.05, 4.69) is 32.6 Å². The quantitative estimate of drug-likeness (QED) is 0.607. The topological polar surface area (TPSA) is 29.3 Å². The molecule has 146 valence electrons. The van der Waals surface area contributed by atoms with Gasteiger partial charge >= 0.3 is 0 Å². The minimum Gasteiger partial charge on any atom is -0.330 e. The summed E-state index contributed by atoms with van der Waals surface area (Å²) >= 11 is 0. The first-order valence-corrected chi connectivity index (χ1v) is 10.9. The molecule has 2 nitrogen and oxygen atoms in total. The SMILES string of the molecule is CC.CC1CCC1.CCCCC(C)(CCN)CN1CCC(C)CC1. The van der Waals surface area contributed by atoms with Gasteiger partial charge in [0.15, 0.2) is 0 Å². The summed E-state index contributed by atoms with van der Waals surface area (Å²) in [4.78, 5) is 2.67. The molecule has 0 bridgehead atoms. The number of hydrogen-bond donors (Lipinski definition) is 1. The Morgan fingerprint density at radius 3 is 1.88 bits per heavy atom. The molecule has 1 aliphatic heterocycles. The van der Waals surface area contributed by atoms with Gasteiger partial charge in [-0.05, 0) is 62.6 Å². The van der Waals surface area contributed by atoms with Crippen molar-refractivity contribution in [1.29, 1.82) is 0 Å². The van der Waals surface area contributed by atoms with Gasteiger partial charge in [-0.1, -0.05) is 73.6 Å². The molecule has 0 aromatic heterocycles. The highest BCUT2D eigenvalue weighted by molar-refractivity contribution is 4.81. The van der Waals surface area contributed by atoms with Crippen molar-refractivity contribution >= 4 is 0 Å². The molecule has 0 aromatic carbocycles. The normalized spacial score (nSPS) is 21.6. The van der Waals surface area contributed by atoms with E-state index >= 15 is 0 Å². The van der Waals surface area contributed by atoms with Gasteiger partial charge in [0.2, 0.25) is 0 Å². The van der Waals surface area contributed by atoms with Gasteiger partial charge in [-0.2, -0.15) is 0 Å². The van der Waals surface area contributed by atoms with Crippen LogP contribution in [0.4, 0.5) is 0 Å². The number of piperidine rings is 1. The van der Waals surface area contributed by atoms with E-state index in [4.69, 9.17) is 5.73 Å². The molecule has 2 aliphatic rings. The number of rotatable bonds is 7. The van der Waals surface area contributed by atoms with Crippen LogP contribution in [-0.2, 0) is 0 Å². The van der Waals surface area contributed by atoms with E-state index in [1.807, 2.05) is 13.8 Å². The Bertz CT molecular complexity index is 267. The van der Waals surface area contributed by atoms with E-state index in [1.165, 1.54) is 77.4 Å². The first-order valence-electron chi connectivity index (χ1n) is 10.9. The molecule has 0 amide bonds. The predicted molar refractivity (Wildman–Crippen MR) is 111 cm³/mol. The molecular weight excluding hydrogens is 292 g/mol. The number of unbranched alkanes of at least 4 members (excludes halogenated alkanes) is 1. The molecule has 24 heavy (non-hydrogen) atoms. The lowest BCUT2D eigenvalue weighted by atomic mass is 9.80. The van der Waals surface area contributed by atoms with Crippen LogP contribution in [0.15, 0.2) is 0 Å². The van der Waals surface area contributed by atoms with Crippen LogP contribution in [0.2, 0.25) is 0 Å². The highest BCUT2D eigenvalue weighted by Crippen LogP contribution is 2.30. The minimum absolute atomic E-state index is 0.450. The van der Waals surface area contributed by atoms with E-state index in [9.17, 15) is 0 Å². The summed E-state index contributed by atoms with van der Waals surface area (Å²) in [6, 6.07) is 0. The monoisotopic (exact) mass is 340 g/mol. The minimum atomic E-state index is 0.450. The third-order valence-corrected chi connectivity index (χ3v) is 5.76. The smallest absolute Gasteiger partial charge is 0.00358 e. The predicted octanol–water partition coefficient (Wildman–Crippen LogP) is 6.10. The van der Waals surface area contributed by atoms with Gasteiger partial charge in [0.1, 0.15) is 0 Å². The fraction of sp³-hybridized carbons (Fsp3) is 1.00. The first-order chi connectivity index (χ1) is 11.5. The Labute approximate surface area is 154 Å². The number of likely N-dealkylation sites (tertiary alicyclic amines) is 1. The van der Waals surface area contributed by atoms with Gasteiger partial charge < -0.3 is 10.6 Å². The van der Waals surface area contributed by atoms with Gasteiger partial charge in [-0.25, -0.2) is 0 Å². The zero-order valence-corrected chi connectivity index (χ0v) is 17.9. The Morgan fingerprint density at radius 1 is 0.958 bits per heavy atom. The third kappa shape index (κ3) is 10.7. The molecular formula is C22H48N2. The molecule has 2 fully saturated rings. The second-order valence-corrected chi connectivity index (χ2v) is 8.45. The van der Waals surface area contributed by atoms with Crippen molar-refractivity contribution in [2.75, 3.05) is 26.2 Å². The maximum Gasteiger partial charge on any atom is 0.00358 e. The van der Waals surface area contributed by atoms with Crippen molar-refractivity contribution in [3.63, 3.8) is 0 Å². The fourth-order valence-corrected chi connectivity index (χ4v) is 3.61. The molecule has 1 saturated heterocycles. The molecule has 0 spiro atoms. The number of hydrogen-bond acceptors (Lipinski definition) is 2. The van der Waals surface area contributed by atoms with Gasteiger partial charge in [0.25, 0.3) is 0 Å². The zero-order valence-electron chi connectivity index (χ0n) is 17.9. The van der Waals surface area contributed by atoms with E-state index in [0.717, 1.165) is 18.4 Å². The average molecular weight is 341 g/mol. The zero-order chi connectivity index (χ0) is 18.4. The van der Waals surface area contributed by atoms with Crippen molar-refractivity contribution in [2.45, 2.75) is 99.3 Å². The number of nitrogens with two attached hydrogens (primary N) is 1. The molecule has 1 saturated carbocycles. The van der Waals surface area contributed by atoms with Crippen LogP contribution in [0.1, 0.15) is 99.3 Å². The molecule has 0 aromatic rings. The standard InChI is InChI=1S/C15H32N2.C5H10.C2H6/c1-4-5-8-15(3,9-10-16)13-17-11-6-14(2)7-12-17;1-5-3-2-4-5;1-2/h14H,4-13,16H2,1-3H3;5H,2-4H2,1H3;1-2H3. The van der Waals surface area contributed by atoms with Gasteiger partial charge in [0.05, 0.1) is 0 Å². The van der Waals surface area contributed by atoms with Crippen LogP contribution < -0.4 is 5.73 Å². The molecule has 1 aliphatic carbocycles. The molecule has 0 radical (unpaired) electrons. The lowest BCUT2D eigenvalue weighted by Gasteiger charge is -2.38. The number of nitrogens with zero attached hydrogens (tertiary/aromatic N) is 1. The molecule has 2 rings (SSSR count). The van der Waals surface area contributed by atoms with Gasteiger partial charge in [0, 0.05) is 6.54 Å². The summed E-state index contributed by atoms with van der Waals surface area (Å²) in [7, 11) is 0. The van der Waals surface area contributed by atoms with Gasteiger partial charge in [-0.3, -0.25) is 0 Å². The lowest BCUT2D eigenvalue weighted by molar-refractivity contribution is 0.110. The highest BCUT2D eigenvalue weighted by Gasteiger charge is 2.27. The van der Waals surface area contributed by atoms with Crippen LogP contribution in [0.3, 0.4) is 0 Å². The van der Waals surface area contributed by atoms with Crippen LogP contribution in [0.5, 0.6) is 0 Å². The van der Waals surface area contributed by atoms with E-state index in [0.29, 0.717) is 5.41 Å². The van der Waals surface area contributed by atoms with Crippen molar-refractivity contribution in [2.24, 2.45) is 23.0 Å². The van der Waals surface area contributed by atoms with Gasteiger partial charge in [-0.15, -0.1) is 0 Å². The second-order valence-electron chi connectivity index (χ2n) is 8.45. The second kappa shape index (κ2) is 14.1. The van der Waals surface area contributed by atoms with Crippen LogP contribution in [0.25, 0.3) is 0 Å². The summed E-state index contributed by atoms with van der Waals surface area (Å²) in [6.07, 6.45) is 12.4. The Hall–Kier alpha value is -0.0800. The Morgan fingerprint density at radius 2 is 1.50 bits per heavy atom. The van der Waals surface area contributed by atoms with Crippen LogP contribution in [0, 0.1) is 17.3 Å². The van der Waals surface area contributed by atoms with Crippen molar-refractivity contribution < 1.29 is 0 Å². The van der Waals surface area contributed by atoms with Crippen LogP contribution in [-0.4, -0.2) is 31.1 Å². The molecule has 1 atom stereocenters. The van der Waals surface area contributed by atoms with Crippen molar-refractivity contribution in [1.82, 2.24) is 4.90 Å². The van der Waals surface area contributed by atoms with Crippen molar-refractivity contribution in [3.05, 3.63) is 0 Å². The van der Waals surface area contributed by atoms with E-state index in [1.54, 1.807) is 0 Å². The summed E-state index contributed by atoms with van der Waals surface area (Å²) in [5.74, 6) is 2.00. The third-order valence-electron chi connectivity index (χ3n) is 5.76. The summed E-state index contributed by atoms with van der Waals surface area (Å²) in [5, 5.41) is 0. The largest absolute Gasteiger partial charge is 0.330 e. The summed E-state index contributed by atoms with van der Waals surface area (Å²) < 4.78 is 0. The maximum absolute atomic E-state index is 5.80. The molecule has 2 heteroatoms. The average Bonchev–Trinajstić information content (AvgIpc) is 2.56. The van der Waals surface area contributed by atoms with E-state index < -0.39 is 0 Å².